The van der Waals surface area contributed by atoms with Gasteiger partial charge in [0.15, 0.2) is 0 Å². The van der Waals surface area contributed by atoms with E-state index < -0.39 is 27.9 Å². The van der Waals surface area contributed by atoms with Crippen LogP contribution in [0.4, 0.5) is 4.79 Å². The molecule has 3 N–H and O–H groups in total. The summed E-state index contributed by atoms with van der Waals surface area (Å²) in [7, 11) is -4.23. The van der Waals surface area contributed by atoms with Crippen LogP contribution in [0, 0.1) is 0 Å². The first-order chi connectivity index (χ1) is 18.8. The second kappa shape index (κ2) is 14.4. The van der Waals surface area contributed by atoms with Gasteiger partial charge in [-0.3, -0.25) is 9.59 Å². The number of pyridine rings is 1. The third kappa shape index (κ3) is 9.39. The van der Waals surface area contributed by atoms with E-state index in [0.717, 1.165) is 6.20 Å². The van der Waals surface area contributed by atoms with Crippen molar-refractivity contribution in [1.29, 1.82) is 0 Å². The number of carbonyl (C=O) groups excluding carboxylic acids is 3. The summed E-state index contributed by atoms with van der Waals surface area (Å²) >= 11 is 0. The number of amides is 3. The molecule has 0 saturated carbocycles. The maximum Gasteiger partial charge on any atom is 0.414 e. The molecule has 39 heavy (non-hydrogen) atoms. The molecule has 0 radical (unpaired) electrons. The molecule has 2 aromatic carbocycles. The number of nitrogens with zero attached hydrogens (tertiary/aromatic N) is 1. The van der Waals surface area contributed by atoms with Crippen molar-refractivity contribution in [3.05, 3.63) is 84.1 Å². The molecule has 3 aromatic rings. The number of benzene rings is 2. The first-order valence-corrected chi connectivity index (χ1v) is 13.4. The van der Waals surface area contributed by atoms with Gasteiger partial charge in [0, 0.05) is 31.0 Å². The highest BCUT2D eigenvalue weighted by atomic mass is 32.2. The Hall–Kier alpha value is -4.49. The van der Waals surface area contributed by atoms with E-state index in [4.69, 9.17) is 14.2 Å². The van der Waals surface area contributed by atoms with Crippen LogP contribution in [0.1, 0.15) is 27.6 Å². The molecule has 206 valence electrons. The van der Waals surface area contributed by atoms with E-state index in [2.05, 4.69) is 15.6 Å². The Labute approximate surface area is 225 Å². The number of para-hydroxylation sites is 1. The zero-order chi connectivity index (χ0) is 28.1. The molecular formula is C26H28N4O8S. The Morgan fingerprint density at radius 3 is 2.18 bits per heavy atom. The van der Waals surface area contributed by atoms with E-state index in [-0.39, 0.29) is 41.6 Å². The van der Waals surface area contributed by atoms with Gasteiger partial charge < -0.3 is 24.8 Å². The van der Waals surface area contributed by atoms with Crippen LogP contribution in [0.15, 0.2) is 77.8 Å². The van der Waals surface area contributed by atoms with Gasteiger partial charge in [0.05, 0.1) is 23.6 Å². The highest BCUT2D eigenvalue weighted by Gasteiger charge is 2.20. The zero-order valence-electron chi connectivity index (χ0n) is 21.1. The molecular weight excluding hydrogens is 528 g/mol. The number of aromatic nitrogens is 1. The van der Waals surface area contributed by atoms with Crippen molar-refractivity contribution in [2.75, 3.05) is 32.9 Å². The number of carbonyl (C=O) groups is 3. The number of rotatable bonds is 13. The zero-order valence-corrected chi connectivity index (χ0v) is 21.9. The molecule has 1 heterocycles. The van der Waals surface area contributed by atoms with Gasteiger partial charge in [-0.25, -0.2) is 22.9 Å². The molecule has 0 saturated heterocycles. The minimum absolute atomic E-state index is 0.0728. The van der Waals surface area contributed by atoms with E-state index >= 15 is 0 Å². The first kappa shape index (κ1) is 29.1. The van der Waals surface area contributed by atoms with Crippen molar-refractivity contribution in [2.45, 2.75) is 11.8 Å². The molecule has 3 rings (SSSR count). The summed E-state index contributed by atoms with van der Waals surface area (Å²) in [6.07, 6.45) is 0.322. The first-order valence-electron chi connectivity index (χ1n) is 11.9. The normalized spacial score (nSPS) is 10.8. The summed E-state index contributed by atoms with van der Waals surface area (Å²) in [6, 6.07) is 16.7. The van der Waals surface area contributed by atoms with Crippen LogP contribution in [0.3, 0.4) is 0 Å². The molecule has 0 atom stereocenters. The number of nitrogens with one attached hydrogen (secondary N) is 3. The summed E-state index contributed by atoms with van der Waals surface area (Å²) in [5, 5.41) is 5.15. The van der Waals surface area contributed by atoms with Gasteiger partial charge in [-0.1, -0.05) is 18.2 Å². The van der Waals surface area contributed by atoms with E-state index in [1.54, 1.807) is 12.1 Å². The Morgan fingerprint density at radius 2 is 1.51 bits per heavy atom. The lowest BCUT2D eigenvalue weighted by Crippen LogP contribution is -2.31. The van der Waals surface area contributed by atoms with Gasteiger partial charge in [-0.05, 0) is 49.4 Å². The van der Waals surface area contributed by atoms with Crippen molar-refractivity contribution in [2.24, 2.45) is 0 Å². The van der Waals surface area contributed by atoms with Crippen molar-refractivity contribution in [1.82, 2.24) is 20.3 Å². The van der Waals surface area contributed by atoms with Gasteiger partial charge >= 0.3 is 6.09 Å². The van der Waals surface area contributed by atoms with E-state index in [1.807, 2.05) is 29.8 Å². The van der Waals surface area contributed by atoms with Crippen LogP contribution in [0.2, 0.25) is 0 Å². The summed E-state index contributed by atoms with van der Waals surface area (Å²) in [5.41, 5.74) is 0.165. The SMILES string of the molecule is CCOCCNC(=O)Oc1ccc(C(=O)NS(=O)(=O)c2ccc(C(=O)NCCOc3ccccc3)cc2)cn1. The van der Waals surface area contributed by atoms with Crippen LogP contribution in [-0.4, -0.2) is 64.2 Å². The van der Waals surface area contributed by atoms with Gasteiger partial charge in [0.2, 0.25) is 5.88 Å². The van der Waals surface area contributed by atoms with Crippen LogP contribution < -0.4 is 24.8 Å². The number of ether oxygens (including phenoxy) is 3. The Kier molecular flexibility index (Phi) is 10.8. The maximum atomic E-state index is 12.6. The predicted octanol–water partition coefficient (Wildman–Crippen LogP) is 2.13. The topological polar surface area (TPSA) is 162 Å². The van der Waals surface area contributed by atoms with Crippen molar-refractivity contribution >= 4 is 27.9 Å². The number of hydrogen-bond acceptors (Lipinski definition) is 9. The Balaban J connectivity index is 1.48. The van der Waals surface area contributed by atoms with Crippen LogP contribution in [0.25, 0.3) is 0 Å². The molecule has 13 heteroatoms. The van der Waals surface area contributed by atoms with Crippen molar-refractivity contribution in [3.63, 3.8) is 0 Å². The molecule has 0 spiro atoms. The van der Waals surface area contributed by atoms with E-state index in [9.17, 15) is 22.8 Å². The second-order valence-electron chi connectivity index (χ2n) is 7.77. The average Bonchev–Trinajstić information content (AvgIpc) is 2.94. The summed E-state index contributed by atoms with van der Waals surface area (Å²) in [4.78, 5) is 40.1. The molecule has 0 aliphatic rings. The lowest BCUT2D eigenvalue weighted by atomic mass is 10.2. The molecule has 12 nitrogen and oxygen atoms in total. The highest BCUT2D eigenvalue weighted by Crippen LogP contribution is 2.13. The third-order valence-corrected chi connectivity index (χ3v) is 6.32. The fraction of sp³-hybridized carbons (Fsp3) is 0.231. The van der Waals surface area contributed by atoms with Crippen LogP contribution in [-0.2, 0) is 14.8 Å². The predicted molar refractivity (Wildman–Crippen MR) is 140 cm³/mol. The number of sulfonamides is 1. The number of hydrogen-bond donors (Lipinski definition) is 3. The van der Waals surface area contributed by atoms with Gasteiger partial charge in [0.1, 0.15) is 12.4 Å². The second-order valence-corrected chi connectivity index (χ2v) is 9.46. The maximum absolute atomic E-state index is 12.6. The van der Waals surface area contributed by atoms with Crippen molar-refractivity contribution in [3.8, 4) is 11.6 Å². The molecule has 0 aliphatic heterocycles. The highest BCUT2D eigenvalue weighted by molar-refractivity contribution is 7.90. The molecule has 0 aliphatic carbocycles. The van der Waals surface area contributed by atoms with Crippen molar-refractivity contribution < 1.29 is 37.0 Å². The minimum atomic E-state index is -4.23. The monoisotopic (exact) mass is 556 g/mol. The van der Waals surface area contributed by atoms with E-state index in [1.165, 1.54) is 36.4 Å². The summed E-state index contributed by atoms with van der Waals surface area (Å²) in [6.45, 7) is 3.44. The van der Waals surface area contributed by atoms with E-state index in [0.29, 0.717) is 19.0 Å². The Morgan fingerprint density at radius 1 is 0.821 bits per heavy atom. The average molecular weight is 557 g/mol. The minimum Gasteiger partial charge on any atom is -0.492 e. The van der Waals surface area contributed by atoms with Gasteiger partial charge in [-0.15, -0.1) is 0 Å². The molecule has 3 amide bonds. The molecule has 0 bridgehead atoms. The fourth-order valence-electron chi connectivity index (χ4n) is 3.05. The lowest BCUT2D eigenvalue weighted by molar-refractivity contribution is 0.0944. The van der Waals surface area contributed by atoms with Crippen LogP contribution in [0.5, 0.6) is 11.6 Å². The fourth-order valence-corrected chi connectivity index (χ4v) is 4.03. The largest absolute Gasteiger partial charge is 0.492 e. The van der Waals surface area contributed by atoms with Gasteiger partial charge in [-0.2, -0.15) is 0 Å². The van der Waals surface area contributed by atoms with Crippen LogP contribution >= 0.6 is 0 Å². The molecule has 0 unspecified atom stereocenters. The third-order valence-electron chi connectivity index (χ3n) is 4.97. The Bertz CT molecular complexity index is 1350. The standard InChI is InChI=1S/C26H28N4O8S/c1-2-36-16-14-28-26(33)38-23-13-10-20(18-29-23)25(32)30-39(34,35)22-11-8-19(9-12-22)24(31)27-15-17-37-21-6-4-3-5-7-21/h3-13,18H,2,14-17H2,1H3,(H,27,31)(H,28,33)(H,30,32). The molecule has 0 fully saturated rings. The summed E-state index contributed by atoms with van der Waals surface area (Å²) in [5.74, 6) is -0.741. The lowest BCUT2D eigenvalue weighted by Gasteiger charge is -2.10. The molecule has 1 aromatic heterocycles. The summed E-state index contributed by atoms with van der Waals surface area (Å²) < 4.78 is 42.8. The van der Waals surface area contributed by atoms with Gasteiger partial charge in [0.25, 0.3) is 21.8 Å². The smallest absolute Gasteiger partial charge is 0.414 e. The quantitative estimate of drug-likeness (QED) is 0.268.